The Morgan fingerprint density at radius 3 is 2.61 bits per heavy atom. The monoisotopic (exact) mass is 249 g/mol. The van der Waals surface area contributed by atoms with Gasteiger partial charge in [-0.15, -0.1) is 0 Å². The minimum absolute atomic E-state index is 0.0169. The van der Waals surface area contributed by atoms with Gasteiger partial charge in [0, 0.05) is 30.3 Å². The SMILES string of the molecule is Cc1nccc(OC2COC3(CCC3)OC2)c1C. The highest BCUT2D eigenvalue weighted by Gasteiger charge is 2.43. The highest BCUT2D eigenvalue weighted by atomic mass is 16.7. The average molecular weight is 249 g/mol. The summed E-state index contributed by atoms with van der Waals surface area (Å²) in [6.07, 6.45) is 5.00. The van der Waals surface area contributed by atoms with Gasteiger partial charge in [0.05, 0.1) is 13.2 Å². The molecule has 4 nitrogen and oxygen atoms in total. The van der Waals surface area contributed by atoms with Crippen LogP contribution in [0.4, 0.5) is 0 Å². The van der Waals surface area contributed by atoms with E-state index in [2.05, 4.69) is 4.98 Å². The van der Waals surface area contributed by atoms with Crippen molar-refractivity contribution in [3.63, 3.8) is 0 Å². The van der Waals surface area contributed by atoms with Crippen LogP contribution in [-0.2, 0) is 9.47 Å². The number of rotatable bonds is 2. The molecular weight excluding hydrogens is 230 g/mol. The van der Waals surface area contributed by atoms with Gasteiger partial charge in [0.25, 0.3) is 0 Å². The van der Waals surface area contributed by atoms with Crippen LogP contribution in [0.1, 0.15) is 30.5 Å². The maximum absolute atomic E-state index is 5.94. The Hall–Kier alpha value is -1.13. The zero-order valence-corrected chi connectivity index (χ0v) is 10.9. The van der Waals surface area contributed by atoms with Crippen molar-refractivity contribution in [1.29, 1.82) is 0 Å². The van der Waals surface area contributed by atoms with Crippen LogP contribution >= 0.6 is 0 Å². The maximum Gasteiger partial charge on any atom is 0.168 e. The molecule has 1 aliphatic carbocycles. The lowest BCUT2D eigenvalue weighted by atomic mass is 9.90. The summed E-state index contributed by atoms with van der Waals surface area (Å²) >= 11 is 0. The van der Waals surface area contributed by atoms with Crippen molar-refractivity contribution in [3.05, 3.63) is 23.5 Å². The average Bonchev–Trinajstić information content (AvgIpc) is 2.34. The highest BCUT2D eigenvalue weighted by molar-refractivity contribution is 5.33. The topological polar surface area (TPSA) is 40.6 Å². The fourth-order valence-corrected chi connectivity index (χ4v) is 2.33. The first-order valence-corrected chi connectivity index (χ1v) is 6.55. The Bertz CT molecular complexity index is 433. The summed E-state index contributed by atoms with van der Waals surface area (Å²) in [6, 6.07) is 1.90. The lowest BCUT2D eigenvalue weighted by Crippen LogP contribution is -2.52. The van der Waals surface area contributed by atoms with Gasteiger partial charge in [-0.25, -0.2) is 0 Å². The summed E-state index contributed by atoms with van der Waals surface area (Å²) in [5.41, 5.74) is 2.09. The second kappa shape index (κ2) is 4.52. The molecule has 1 aliphatic heterocycles. The first-order valence-electron chi connectivity index (χ1n) is 6.55. The van der Waals surface area contributed by atoms with Gasteiger partial charge in [-0.3, -0.25) is 4.98 Å². The van der Waals surface area contributed by atoms with Crippen molar-refractivity contribution in [2.45, 2.75) is 45.0 Å². The molecule has 18 heavy (non-hydrogen) atoms. The van der Waals surface area contributed by atoms with Crippen molar-refractivity contribution in [1.82, 2.24) is 4.98 Å². The molecular formula is C14H19NO3. The quantitative estimate of drug-likeness (QED) is 0.807. The number of aryl methyl sites for hydroxylation is 1. The van der Waals surface area contributed by atoms with Crippen molar-refractivity contribution in [2.24, 2.45) is 0 Å². The highest BCUT2D eigenvalue weighted by Crippen LogP contribution is 2.39. The Morgan fingerprint density at radius 2 is 2.00 bits per heavy atom. The van der Waals surface area contributed by atoms with E-state index in [0.29, 0.717) is 13.2 Å². The molecule has 0 unspecified atom stereocenters. The van der Waals surface area contributed by atoms with Gasteiger partial charge in [-0.1, -0.05) is 0 Å². The molecule has 3 rings (SSSR count). The largest absolute Gasteiger partial charge is 0.485 e. The van der Waals surface area contributed by atoms with Crippen LogP contribution in [0, 0.1) is 13.8 Å². The molecule has 0 bridgehead atoms. The van der Waals surface area contributed by atoms with E-state index in [1.54, 1.807) is 6.20 Å². The summed E-state index contributed by atoms with van der Waals surface area (Å²) < 4.78 is 17.5. The molecule has 1 saturated carbocycles. The number of ether oxygens (including phenoxy) is 3. The predicted molar refractivity (Wildman–Crippen MR) is 66.6 cm³/mol. The molecule has 1 saturated heterocycles. The lowest BCUT2D eigenvalue weighted by Gasteiger charge is -2.45. The van der Waals surface area contributed by atoms with E-state index in [9.17, 15) is 0 Å². The normalized spacial score (nSPS) is 22.8. The van der Waals surface area contributed by atoms with Crippen LogP contribution in [-0.4, -0.2) is 30.1 Å². The molecule has 2 aliphatic rings. The summed E-state index contributed by atoms with van der Waals surface area (Å²) in [7, 11) is 0. The van der Waals surface area contributed by atoms with E-state index in [1.165, 1.54) is 6.42 Å². The molecule has 1 spiro atoms. The molecule has 4 heteroatoms. The Morgan fingerprint density at radius 1 is 1.28 bits per heavy atom. The van der Waals surface area contributed by atoms with E-state index in [4.69, 9.17) is 14.2 Å². The van der Waals surface area contributed by atoms with Crippen LogP contribution in [0.5, 0.6) is 5.75 Å². The van der Waals surface area contributed by atoms with Crippen LogP contribution in [0.25, 0.3) is 0 Å². The van der Waals surface area contributed by atoms with Crippen LogP contribution in [0.15, 0.2) is 12.3 Å². The maximum atomic E-state index is 5.94. The minimum Gasteiger partial charge on any atom is -0.485 e. The second-order valence-electron chi connectivity index (χ2n) is 5.15. The third-order valence-electron chi connectivity index (χ3n) is 3.88. The molecule has 1 aromatic rings. The van der Waals surface area contributed by atoms with E-state index in [0.717, 1.165) is 29.8 Å². The molecule has 0 atom stereocenters. The van der Waals surface area contributed by atoms with Gasteiger partial charge in [-0.05, 0) is 26.3 Å². The van der Waals surface area contributed by atoms with Gasteiger partial charge in [0.15, 0.2) is 5.79 Å². The molecule has 0 radical (unpaired) electrons. The van der Waals surface area contributed by atoms with Gasteiger partial charge in [0.2, 0.25) is 0 Å². The summed E-state index contributed by atoms with van der Waals surface area (Å²) in [5.74, 6) is 0.604. The van der Waals surface area contributed by atoms with Crippen LogP contribution < -0.4 is 4.74 Å². The third-order valence-corrected chi connectivity index (χ3v) is 3.88. The van der Waals surface area contributed by atoms with E-state index in [1.807, 2.05) is 19.9 Å². The Labute approximate surface area is 107 Å². The zero-order chi connectivity index (χ0) is 12.6. The molecule has 0 amide bonds. The van der Waals surface area contributed by atoms with Crippen molar-refractivity contribution < 1.29 is 14.2 Å². The smallest absolute Gasteiger partial charge is 0.168 e. The van der Waals surface area contributed by atoms with Gasteiger partial charge >= 0.3 is 0 Å². The van der Waals surface area contributed by atoms with E-state index < -0.39 is 0 Å². The van der Waals surface area contributed by atoms with Gasteiger partial charge < -0.3 is 14.2 Å². The number of nitrogens with zero attached hydrogens (tertiary/aromatic N) is 1. The summed E-state index contributed by atoms with van der Waals surface area (Å²) in [5, 5.41) is 0. The predicted octanol–water partition coefficient (Wildman–Crippen LogP) is 2.37. The van der Waals surface area contributed by atoms with Crippen molar-refractivity contribution in [2.75, 3.05) is 13.2 Å². The summed E-state index contributed by atoms with van der Waals surface area (Å²) in [6.45, 7) is 5.23. The second-order valence-corrected chi connectivity index (χ2v) is 5.15. The number of aromatic nitrogens is 1. The van der Waals surface area contributed by atoms with E-state index >= 15 is 0 Å². The Balaban J connectivity index is 1.62. The number of hydrogen-bond acceptors (Lipinski definition) is 4. The minimum atomic E-state index is -0.275. The fraction of sp³-hybridized carbons (Fsp3) is 0.643. The molecule has 1 aromatic heterocycles. The lowest BCUT2D eigenvalue weighted by molar-refractivity contribution is -0.320. The van der Waals surface area contributed by atoms with Gasteiger partial charge in [-0.2, -0.15) is 0 Å². The van der Waals surface area contributed by atoms with Gasteiger partial charge in [0.1, 0.15) is 11.9 Å². The zero-order valence-electron chi connectivity index (χ0n) is 10.9. The fourth-order valence-electron chi connectivity index (χ4n) is 2.33. The standard InChI is InChI=1S/C14H19NO3/c1-10-11(2)15-7-4-13(10)18-12-8-16-14(17-9-12)5-3-6-14/h4,7,12H,3,5-6,8-9H2,1-2H3. The number of hydrogen-bond donors (Lipinski definition) is 0. The van der Waals surface area contributed by atoms with Crippen molar-refractivity contribution in [3.8, 4) is 5.75 Å². The van der Waals surface area contributed by atoms with Crippen molar-refractivity contribution >= 4 is 0 Å². The molecule has 0 N–H and O–H groups in total. The Kier molecular flexibility index (Phi) is 2.99. The first-order chi connectivity index (χ1) is 8.69. The molecule has 2 fully saturated rings. The molecule has 2 heterocycles. The first kappa shape index (κ1) is 11.9. The number of pyridine rings is 1. The molecule has 0 aromatic carbocycles. The van der Waals surface area contributed by atoms with Crippen LogP contribution in [0.3, 0.4) is 0 Å². The van der Waals surface area contributed by atoms with Crippen LogP contribution in [0.2, 0.25) is 0 Å². The third kappa shape index (κ3) is 2.10. The van der Waals surface area contributed by atoms with E-state index in [-0.39, 0.29) is 11.9 Å². The molecule has 98 valence electrons. The summed E-state index contributed by atoms with van der Waals surface area (Å²) in [4.78, 5) is 4.24.